The monoisotopic (exact) mass is 315 g/mol. The van der Waals surface area contributed by atoms with Gasteiger partial charge in [-0.1, -0.05) is 20.8 Å². The zero-order valence-corrected chi connectivity index (χ0v) is 13.6. The zero-order valence-electron chi connectivity index (χ0n) is 13.6. The van der Waals surface area contributed by atoms with E-state index in [1.54, 1.807) is 18.3 Å². The Morgan fingerprint density at radius 2 is 2.00 bits per heavy atom. The lowest BCUT2D eigenvalue weighted by Gasteiger charge is -2.39. The van der Waals surface area contributed by atoms with Gasteiger partial charge in [-0.05, 0) is 6.07 Å². The summed E-state index contributed by atoms with van der Waals surface area (Å²) in [4.78, 5) is 32.3. The van der Waals surface area contributed by atoms with E-state index in [4.69, 9.17) is 0 Å². The SMILES string of the molecule is CC(C)(C)c1ccc(=O)n(CC2CN(c3ncc[nH]c3=O)C2)n1. The lowest BCUT2D eigenvalue weighted by atomic mass is 9.92. The molecule has 0 aliphatic carbocycles. The number of H-pyrrole nitrogens is 1. The molecule has 1 fully saturated rings. The van der Waals surface area contributed by atoms with Gasteiger partial charge in [0.15, 0.2) is 5.82 Å². The summed E-state index contributed by atoms with van der Waals surface area (Å²) in [5, 5.41) is 4.48. The predicted molar refractivity (Wildman–Crippen MR) is 87.8 cm³/mol. The minimum Gasteiger partial charge on any atom is -0.351 e. The van der Waals surface area contributed by atoms with Crippen LogP contribution in [-0.4, -0.2) is 32.8 Å². The van der Waals surface area contributed by atoms with Crippen molar-refractivity contribution in [3.63, 3.8) is 0 Å². The van der Waals surface area contributed by atoms with Crippen LogP contribution in [0.2, 0.25) is 0 Å². The number of nitrogens with zero attached hydrogens (tertiary/aromatic N) is 4. The third kappa shape index (κ3) is 3.18. The smallest absolute Gasteiger partial charge is 0.290 e. The van der Waals surface area contributed by atoms with Crippen molar-refractivity contribution in [2.24, 2.45) is 5.92 Å². The van der Waals surface area contributed by atoms with Crippen LogP contribution in [0.4, 0.5) is 5.82 Å². The summed E-state index contributed by atoms with van der Waals surface area (Å²) in [6.07, 6.45) is 3.09. The first-order valence-electron chi connectivity index (χ1n) is 7.72. The molecule has 3 rings (SSSR count). The topological polar surface area (TPSA) is 83.9 Å². The minimum absolute atomic E-state index is 0.0906. The minimum atomic E-state index is -0.184. The number of aromatic amines is 1. The molecular formula is C16H21N5O2. The van der Waals surface area contributed by atoms with Gasteiger partial charge < -0.3 is 9.88 Å². The Kier molecular flexibility index (Phi) is 3.79. The van der Waals surface area contributed by atoms with Crippen LogP contribution in [0.5, 0.6) is 0 Å². The van der Waals surface area contributed by atoms with Gasteiger partial charge in [-0.25, -0.2) is 9.67 Å². The number of aromatic nitrogens is 4. The van der Waals surface area contributed by atoms with E-state index in [1.807, 2.05) is 4.90 Å². The van der Waals surface area contributed by atoms with Crippen molar-refractivity contribution in [2.45, 2.75) is 32.7 Å². The fourth-order valence-corrected chi connectivity index (χ4v) is 2.65. The summed E-state index contributed by atoms with van der Waals surface area (Å²) in [7, 11) is 0. The van der Waals surface area contributed by atoms with E-state index in [-0.39, 0.29) is 22.5 Å². The maximum atomic E-state index is 12.0. The lowest BCUT2D eigenvalue weighted by molar-refractivity contribution is 0.327. The largest absolute Gasteiger partial charge is 0.351 e. The molecule has 0 spiro atoms. The second-order valence-corrected chi connectivity index (χ2v) is 7.00. The van der Waals surface area contributed by atoms with Crippen LogP contribution in [0.15, 0.2) is 34.1 Å². The molecular weight excluding hydrogens is 294 g/mol. The lowest BCUT2D eigenvalue weighted by Crippen LogP contribution is -2.51. The van der Waals surface area contributed by atoms with E-state index in [0.29, 0.717) is 25.5 Å². The van der Waals surface area contributed by atoms with Crippen molar-refractivity contribution in [1.29, 1.82) is 0 Å². The van der Waals surface area contributed by atoms with E-state index in [1.165, 1.54) is 10.9 Å². The highest BCUT2D eigenvalue weighted by atomic mass is 16.1. The van der Waals surface area contributed by atoms with Crippen molar-refractivity contribution in [2.75, 3.05) is 18.0 Å². The van der Waals surface area contributed by atoms with Gasteiger partial charge >= 0.3 is 0 Å². The molecule has 1 aliphatic heterocycles. The highest BCUT2D eigenvalue weighted by molar-refractivity contribution is 5.38. The van der Waals surface area contributed by atoms with E-state index >= 15 is 0 Å². The molecule has 2 aromatic heterocycles. The number of rotatable bonds is 3. The molecule has 122 valence electrons. The maximum absolute atomic E-state index is 12.0. The van der Waals surface area contributed by atoms with Crippen LogP contribution in [0.3, 0.4) is 0 Å². The second-order valence-electron chi connectivity index (χ2n) is 7.00. The van der Waals surface area contributed by atoms with Gasteiger partial charge in [0.2, 0.25) is 0 Å². The quantitative estimate of drug-likeness (QED) is 0.904. The van der Waals surface area contributed by atoms with Gasteiger partial charge in [-0.3, -0.25) is 9.59 Å². The second kappa shape index (κ2) is 5.64. The molecule has 1 aliphatic rings. The summed E-state index contributed by atoms with van der Waals surface area (Å²) < 4.78 is 1.53. The summed E-state index contributed by atoms with van der Waals surface area (Å²) in [6.45, 7) is 8.18. The third-order valence-corrected chi connectivity index (χ3v) is 4.01. The summed E-state index contributed by atoms with van der Waals surface area (Å²) in [5.74, 6) is 0.726. The normalized spacial score (nSPS) is 15.5. The number of anilines is 1. The molecule has 7 nitrogen and oxygen atoms in total. The molecule has 1 saturated heterocycles. The van der Waals surface area contributed by atoms with E-state index < -0.39 is 0 Å². The first kappa shape index (κ1) is 15.5. The number of nitrogens with one attached hydrogen (secondary N) is 1. The Morgan fingerprint density at radius 1 is 1.26 bits per heavy atom. The Labute approximate surface area is 134 Å². The Balaban J connectivity index is 1.70. The van der Waals surface area contributed by atoms with Gasteiger partial charge in [0.1, 0.15) is 0 Å². The summed E-state index contributed by atoms with van der Waals surface area (Å²) in [6, 6.07) is 3.37. The molecule has 0 saturated carbocycles. The van der Waals surface area contributed by atoms with Gasteiger partial charge in [-0.15, -0.1) is 0 Å². The van der Waals surface area contributed by atoms with E-state index in [2.05, 4.69) is 35.8 Å². The van der Waals surface area contributed by atoms with Crippen LogP contribution in [0, 0.1) is 5.92 Å². The first-order chi connectivity index (χ1) is 10.8. The first-order valence-corrected chi connectivity index (χ1v) is 7.72. The molecule has 2 aromatic rings. The van der Waals surface area contributed by atoms with Gasteiger partial charge in [0.05, 0.1) is 12.2 Å². The molecule has 0 unspecified atom stereocenters. The van der Waals surface area contributed by atoms with Gasteiger partial charge in [0.25, 0.3) is 11.1 Å². The van der Waals surface area contributed by atoms with Crippen molar-refractivity contribution < 1.29 is 0 Å². The van der Waals surface area contributed by atoms with Crippen LogP contribution in [0.25, 0.3) is 0 Å². The predicted octanol–water partition coefficient (Wildman–Crippen LogP) is 0.760. The molecule has 23 heavy (non-hydrogen) atoms. The van der Waals surface area contributed by atoms with Crippen LogP contribution >= 0.6 is 0 Å². The van der Waals surface area contributed by atoms with E-state index in [9.17, 15) is 9.59 Å². The highest BCUT2D eigenvalue weighted by Crippen LogP contribution is 2.21. The molecule has 1 N–H and O–H groups in total. The Hall–Kier alpha value is -2.44. The number of hydrogen-bond donors (Lipinski definition) is 1. The van der Waals surface area contributed by atoms with Crippen LogP contribution < -0.4 is 16.0 Å². The molecule has 0 radical (unpaired) electrons. The van der Waals surface area contributed by atoms with Crippen molar-refractivity contribution in [3.05, 3.63) is 50.9 Å². The standard InChI is InChI=1S/C16H21N5O2/c1-16(2,3)12-4-5-13(22)21(19-12)10-11-8-20(9-11)14-15(23)18-7-6-17-14/h4-7,11H,8-10H2,1-3H3,(H,18,23). The van der Waals surface area contributed by atoms with Crippen molar-refractivity contribution >= 4 is 5.82 Å². The van der Waals surface area contributed by atoms with Gasteiger partial charge in [-0.2, -0.15) is 5.10 Å². The van der Waals surface area contributed by atoms with Crippen LogP contribution in [0.1, 0.15) is 26.5 Å². The number of hydrogen-bond acceptors (Lipinski definition) is 5. The molecule has 0 aromatic carbocycles. The van der Waals surface area contributed by atoms with Gasteiger partial charge in [0, 0.05) is 42.9 Å². The molecule has 7 heteroatoms. The Bertz CT molecular complexity index is 812. The Morgan fingerprint density at radius 3 is 2.65 bits per heavy atom. The zero-order chi connectivity index (χ0) is 16.6. The third-order valence-electron chi connectivity index (χ3n) is 4.01. The average molecular weight is 315 g/mol. The fourth-order valence-electron chi connectivity index (χ4n) is 2.65. The van der Waals surface area contributed by atoms with E-state index in [0.717, 1.165) is 5.69 Å². The average Bonchev–Trinajstić information content (AvgIpc) is 2.44. The van der Waals surface area contributed by atoms with Crippen molar-refractivity contribution in [1.82, 2.24) is 19.7 Å². The molecule has 0 atom stereocenters. The summed E-state index contributed by atoms with van der Waals surface area (Å²) in [5.41, 5.74) is 0.528. The summed E-state index contributed by atoms with van der Waals surface area (Å²) >= 11 is 0. The fraction of sp³-hybridized carbons (Fsp3) is 0.500. The van der Waals surface area contributed by atoms with Crippen LogP contribution in [-0.2, 0) is 12.0 Å². The molecule has 3 heterocycles. The van der Waals surface area contributed by atoms with Crippen molar-refractivity contribution in [3.8, 4) is 0 Å². The molecule has 0 bridgehead atoms. The maximum Gasteiger partial charge on any atom is 0.290 e. The highest BCUT2D eigenvalue weighted by Gasteiger charge is 2.30. The molecule has 0 amide bonds.